The minimum atomic E-state index is -0.278. The van der Waals surface area contributed by atoms with E-state index in [1.54, 1.807) is 6.21 Å². The molecule has 2 aromatic rings. The molecule has 2 unspecified atom stereocenters. The van der Waals surface area contributed by atoms with Crippen LogP contribution in [0.3, 0.4) is 0 Å². The second-order valence-corrected chi connectivity index (χ2v) is 40.6. The van der Waals surface area contributed by atoms with Crippen molar-refractivity contribution in [2.24, 2.45) is 10.7 Å². The number of aliphatic imine (C=N–C) groups is 1. The zero-order valence-electron chi connectivity index (χ0n) is 31.3. The van der Waals surface area contributed by atoms with Gasteiger partial charge in [-0.05, 0) is 25.0 Å². The van der Waals surface area contributed by atoms with Crippen molar-refractivity contribution in [2.45, 2.75) is 144 Å². The number of nitrogens with zero attached hydrogens (tertiary/aromatic N) is 1. The van der Waals surface area contributed by atoms with Gasteiger partial charge in [0.1, 0.15) is 0 Å². The van der Waals surface area contributed by atoms with Crippen molar-refractivity contribution in [1.29, 1.82) is 0 Å². The Bertz CT molecular complexity index is 611. The van der Waals surface area contributed by atoms with Gasteiger partial charge in [-0.15, -0.1) is 0 Å². The molecule has 0 aliphatic rings. The Labute approximate surface area is 328 Å². The van der Waals surface area contributed by atoms with Crippen LogP contribution in [0.4, 0.5) is 0 Å². The number of hydrogen-bond acceptors (Lipinski definition) is 3. The van der Waals surface area contributed by atoms with E-state index in [0.717, 1.165) is 0 Å². The molecule has 0 aliphatic carbocycles. The average molecular weight is 1010 g/mol. The molecule has 0 heterocycles. The van der Waals surface area contributed by atoms with Gasteiger partial charge in [-0.3, -0.25) is 4.99 Å². The van der Waals surface area contributed by atoms with Crippen molar-refractivity contribution < 1.29 is 4.92 Å². The van der Waals surface area contributed by atoms with E-state index < -0.39 is 0 Å². The zero-order valence-corrected chi connectivity index (χ0v) is 39.9. The molecule has 44 heavy (non-hydrogen) atoms. The standard InChI is InChI=1S/C10H11NS.C8H11N.8C2H6.CH4.2B.3HI.V/c1-9(11-7-8-12)10-5-3-2-4-6-10;1-7(9)8-5-3-2-4-6-8;8*1-2;;;;;;;/h2-9H,1H3;2-7H,9H2,1H3;8*1-2H3;1H4;;;3*1H;/q;;;;;;;;;;;;;;;;+3/p-3. The van der Waals surface area contributed by atoms with Crippen LogP contribution < -0.4 is 5.73 Å². The third kappa shape index (κ3) is 90.2. The third-order valence-electron chi connectivity index (χ3n) is 2.98. The Balaban J connectivity index is -0.0000000287. The van der Waals surface area contributed by atoms with Crippen LogP contribution in [0.15, 0.2) is 65.7 Å². The molecule has 0 saturated heterocycles. The van der Waals surface area contributed by atoms with Gasteiger partial charge in [0.2, 0.25) is 0 Å². The van der Waals surface area contributed by atoms with Crippen LogP contribution >= 0.6 is 72.2 Å². The van der Waals surface area contributed by atoms with Gasteiger partial charge < -0.3 is 5.73 Å². The number of halogens is 3. The molecule has 0 bridgehead atoms. The Hall–Kier alpha value is 1.06. The zero-order chi connectivity index (χ0) is 35.1. The van der Waals surface area contributed by atoms with Crippen molar-refractivity contribution in [3.63, 3.8) is 0 Å². The number of rotatable bonds is 4. The maximum absolute atomic E-state index is 5.61. The van der Waals surface area contributed by atoms with Crippen LogP contribution in [0.1, 0.15) is 155 Å². The van der Waals surface area contributed by atoms with Gasteiger partial charge in [0.15, 0.2) is 0 Å². The third-order valence-corrected chi connectivity index (χ3v) is 3.10. The van der Waals surface area contributed by atoms with Crippen molar-refractivity contribution in [2.75, 3.05) is 0 Å². The van der Waals surface area contributed by atoms with Crippen LogP contribution in [0.25, 0.3) is 0 Å². The molecule has 0 aromatic heterocycles. The van der Waals surface area contributed by atoms with Crippen molar-refractivity contribution in [1.82, 2.24) is 0 Å². The van der Waals surface area contributed by atoms with E-state index in [1.165, 1.54) is 16.5 Å². The van der Waals surface area contributed by atoms with Gasteiger partial charge in [-0.1, -0.05) is 191 Å². The van der Waals surface area contributed by atoms with Gasteiger partial charge in [0.05, 0.1) is 6.04 Å². The van der Waals surface area contributed by atoms with Crippen molar-refractivity contribution >= 4 is 101 Å². The summed E-state index contributed by atoms with van der Waals surface area (Å²) < 4.78 is 0. The van der Waals surface area contributed by atoms with Gasteiger partial charge >= 0.3 is 64.9 Å². The number of benzene rings is 2. The Morgan fingerprint density at radius 3 is 1.00 bits per heavy atom. The molecule has 2 nitrogen and oxygen atoms in total. The second kappa shape index (κ2) is 96.7. The van der Waals surface area contributed by atoms with E-state index in [9.17, 15) is 0 Å². The number of hydrogen-bond donors (Lipinski definition) is 1. The molecule has 2 N–H and O–H groups in total. The summed E-state index contributed by atoms with van der Waals surface area (Å²) in [5.41, 5.74) is 8.02. The van der Waals surface area contributed by atoms with Gasteiger partial charge in [0.25, 0.3) is 0 Å². The molecule has 2 aromatic carbocycles. The molecular formula is C35H74B2I3N2SV. The molecule has 6 radical (unpaired) electrons. The minimum absolute atomic E-state index is 0. The molecule has 0 spiro atoms. The first-order chi connectivity index (χ1) is 19.9. The van der Waals surface area contributed by atoms with Crippen LogP contribution in [0, 0.1) is 0 Å². The summed E-state index contributed by atoms with van der Waals surface area (Å²) in [6.45, 7) is 36.0. The second-order valence-electron chi connectivity index (χ2n) is 4.91. The Morgan fingerprint density at radius 1 is 0.591 bits per heavy atom. The first kappa shape index (κ1) is 80.0. The summed E-state index contributed by atoms with van der Waals surface area (Å²) in [5, 5.41) is 1.53. The van der Waals surface area contributed by atoms with Crippen LogP contribution in [0.2, 0.25) is 0 Å². The number of thiocarbonyl (C=S) groups is 1. The molecule has 2 rings (SSSR count). The van der Waals surface area contributed by atoms with Crippen LogP contribution in [-0.4, -0.2) is 28.4 Å². The summed E-state index contributed by atoms with van der Waals surface area (Å²) in [4.78, 5) is 3.95. The van der Waals surface area contributed by atoms with Crippen molar-refractivity contribution in [3.8, 4) is 0 Å². The van der Waals surface area contributed by atoms with Crippen LogP contribution in [-0.2, 0) is 4.92 Å². The molecule has 0 amide bonds. The quantitative estimate of drug-likeness (QED) is 0.143. The van der Waals surface area contributed by atoms with Gasteiger partial charge in [-0.2, -0.15) is 0 Å². The fraction of sp³-hybridized carbons (Fsp3) is 0.600. The molecule has 2 atom stereocenters. The molecule has 0 saturated carbocycles. The molecule has 9 heteroatoms. The van der Waals surface area contributed by atoms with E-state index in [-0.39, 0.29) is 41.3 Å². The average Bonchev–Trinajstić information content (AvgIpc) is 3.08. The molecule has 0 fully saturated rings. The fourth-order valence-electron chi connectivity index (χ4n) is 1.74. The monoisotopic (exact) mass is 1010 g/mol. The van der Waals surface area contributed by atoms with E-state index in [0.29, 0.717) is 0 Å². The molecular weight excluding hydrogens is 934 g/mol. The summed E-state index contributed by atoms with van der Waals surface area (Å²) in [6.07, 6.45) is 1.66. The van der Waals surface area contributed by atoms with E-state index in [2.05, 4.69) is 89.3 Å². The van der Waals surface area contributed by atoms with Gasteiger partial charge in [0, 0.05) is 34.4 Å². The van der Waals surface area contributed by atoms with Crippen LogP contribution in [0.5, 0.6) is 0 Å². The van der Waals surface area contributed by atoms with E-state index in [4.69, 9.17) is 5.73 Å². The molecule has 262 valence electrons. The van der Waals surface area contributed by atoms with Crippen molar-refractivity contribution in [3.05, 3.63) is 71.8 Å². The SMILES string of the molecule is C.CC.CC.CC.CC.CC.CC.CC.CC.CC(N)c1ccccc1.CC(N=CC=S)c1ccccc1.[B].[B].[I][V]([I])[I]. The van der Waals surface area contributed by atoms with E-state index in [1.807, 2.05) is 173 Å². The summed E-state index contributed by atoms with van der Waals surface area (Å²) in [7, 11) is 0. The fourth-order valence-corrected chi connectivity index (χ4v) is 1.81. The first-order valence-corrected chi connectivity index (χ1v) is 29.5. The Morgan fingerprint density at radius 2 is 0.818 bits per heavy atom. The first-order valence-electron chi connectivity index (χ1n) is 15.5. The number of nitrogens with two attached hydrogens (primary N) is 1. The predicted octanol–water partition coefficient (Wildman–Crippen LogP) is 15.3. The summed E-state index contributed by atoms with van der Waals surface area (Å²) >= 11 is 12.0. The summed E-state index contributed by atoms with van der Waals surface area (Å²) in [6, 6.07) is 20.6. The maximum atomic E-state index is 5.61. The Kier molecular flexibility index (Phi) is 176. The van der Waals surface area contributed by atoms with E-state index >= 15 is 0 Å². The normalized spacial score (nSPS) is 8.16. The molecule has 0 aliphatic heterocycles. The summed E-state index contributed by atoms with van der Waals surface area (Å²) in [5.74, 6) is 0. The predicted molar refractivity (Wildman–Crippen MR) is 247 cm³/mol. The topological polar surface area (TPSA) is 38.4 Å². The van der Waals surface area contributed by atoms with Gasteiger partial charge in [-0.25, -0.2) is 0 Å².